The number of amides is 1. The van der Waals surface area contributed by atoms with Crippen molar-refractivity contribution < 1.29 is 4.79 Å². The third-order valence-electron chi connectivity index (χ3n) is 10.0. The number of rotatable bonds is 6. The summed E-state index contributed by atoms with van der Waals surface area (Å²) in [6, 6.07) is 11.8. The maximum Gasteiger partial charge on any atom is 0.243 e. The zero-order chi connectivity index (χ0) is 26.2. The van der Waals surface area contributed by atoms with Crippen LogP contribution in [0.4, 0.5) is 5.95 Å². The molecule has 2 aromatic rings. The standard InChI is InChI=1S/C30H44N8O/c39-27(36-20-18-35(19-21-36)23-12-5-2-6-13-23)17-9-16-26-32-33-30-37(26)25-15-8-7-14-24(25)29-31-28(34-38(29)30)22-10-3-1-4-11-22/h1,3-4,10-11,23-25,28-29,31,34H,2,5-9,12-21H2. The Morgan fingerprint density at radius 2 is 1.67 bits per heavy atom. The summed E-state index contributed by atoms with van der Waals surface area (Å²) in [5, 5.41) is 15.5. The smallest absolute Gasteiger partial charge is 0.243 e. The zero-order valence-corrected chi connectivity index (χ0v) is 23.2. The van der Waals surface area contributed by atoms with Crippen LogP contribution in [0.25, 0.3) is 0 Å². The normalized spacial score (nSPS) is 29.6. The highest BCUT2D eigenvalue weighted by molar-refractivity contribution is 5.76. The summed E-state index contributed by atoms with van der Waals surface area (Å²) >= 11 is 0. The Labute approximate surface area is 232 Å². The molecule has 2 aliphatic carbocycles. The number of hydrazine groups is 1. The van der Waals surface area contributed by atoms with E-state index < -0.39 is 0 Å². The summed E-state index contributed by atoms with van der Waals surface area (Å²) < 4.78 is 2.41. The lowest BCUT2D eigenvalue weighted by Gasteiger charge is -2.44. The van der Waals surface area contributed by atoms with E-state index in [9.17, 15) is 4.79 Å². The van der Waals surface area contributed by atoms with Crippen molar-refractivity contribution in [3.05, 3.63) is 41.7 Å². The van der Waals surface area contributed by atoms with Crippen molar-refractivity contribution in [1.29, 1.82) is 0 Å². The number of hydrogen-bond donors (Lipinski definition) is 2. The third kappa shape index (κ3) is 4.98. The average molecular weight is 533 g/mol. The van der Waals surface area contributed by atoms with Gasteiger partial charge in [-0.2, -0.15) is 0 Å². The van der Waals surface area contributed by atoms with E-state index in [1.807, 2.05) is 0 Å². The second-order valence-corrected chi connectivity index (χ2v) is 12.3. The third-order valence-corrected chi connectivity index (χ3v) is 10.0. The van der Waals surface area contributed by atoms with Crippen LogP contribution < -0.4 is 15.8 Å². The predicted molar refractivity (Wildman–Crippen MR) is 151 cm³/mol. The van der Waals surface area contributed by atoms with Gasteiger partial charge in [-0.1, -0.05) is 62.4 Å². The van der Waals surface area contributed by atoms with Crippen LogP contribution in [0.3, 0.4) is 0 Å². The number of carbonyl (C=O) groups excluding carboxylic acids is 1. The molecule has 4 unspecified atom stereocenters. The highest BCUT2D eigenvalue weighted by Gasteiger charge is 2.48. The predicted octanol–water partition coefficient (Wildman–Crippen LogP) is 3.76. The maximum atomic E-state index is 13.1. The lowest BCUT2D eigenvalue weighted by molar-refractivity contribution is -0.133. The van der Waals surface area contributed by atoms with E-state index in [-0.39, 0.29) is 12.3 Å². The molecule has 0 spiro atoms. The monoisotopic (exact) mass is 532 g/mol. The molecule has 210 valence electrons. The second kappa shape index (κ2) is 11.2. The van der Waals surface area contributed by atoms with Crippen molar-refractivity contribution in [2.75, 3.05) is 31.2 Å². The van der Waals surface area contributed by atoms with Crippen LogP contribution in [0.1, 0.15) is 94.2 Å². The number of aromatic nitrogens is 3. The van der Waals surface area contributed by atoms with Gasteiger partial charge in [0, 0.05) is 57.0 Å². The first kappa shape index (κ1) is 25.5. The fraction of sp³-hybridized carbons (Fsp3) is 0.700. The summed E-state index contributed by atoms with van der Waals surface area (Å²) in [7, 11) is 0. The molecule has 2 saturated carbocycles. The molecule has 1 aromatic heterocycles. The minimum atomic E-state index is 0.0710. The number of piperazine rings is 1. The number of aryl methyl sites for hydroxylation is 1. The summed E-state index contributed by atoms with van der Waals surface area (Å²) in [4.78, 5) is 17.8. The van der Waals surface area contributed by atoms with Crippen LogP contribution in [0.15, 0.2) is 30.3 Å². The lowest BCUT2D eigenvalue weighted by atomic mass is 9.81. The van der Waals surface area contributed by atoms with E-state index in [1.54, 1.807) is 0 Å². The number of fused-ring (bicyclic) bond motifs is 6. The van der Waals surface area contributed by atoms with Gasteiger partial charge in [-0.25, -0.2) is 5.43 Å². The fourth-order valence-electron chi connectivity index (χ4n) is 7.97. The van der Waals surface area contributed by atoms with Gasteiger partial charge in [0.25, 0.3) is 0 Å². The fourth-order valence-corrected chi connectivity index (χ4v) is 7.97. The summed E-state index contributed by atoms with van der Waals surface area (Å²) in [6.45, 7) is 3.85. The summed E-state index contributed by atoms with van der Waals surface area (Å²) in [6.07, 6.45) is 14.3. The first-order valence-electron chi connectivity index (χ1n) is 15.6. The molecule has 0 bridgehead atoms. The van der Waals surface area contributed by atoms with E-state index in [0.717, 1.165) is 56.8 Å². The molecule has 4 fully saturated rings. The first-order valence-corrected chi connectivity index (χ1v) is 15.6. The average Bonchev–Trinajstić information content (AvgIpc) is 3.64. The van der Waals surface area contributed by atoms with Crippen molar-refractivity contribution in [3.8, 4) is 0 Å². The quantitative estimate of drug-likeness (QED) is 0.586. The molecular formula is C30H44N8O. The first-order chi connectivity index (χ1) is 19.3. The molecule has 2 saturated heterocycles. The van der Waals surface area contributed by atoms with Crippen LogP contribution in [0.2, 0.25) is 0 Å². The van der Waals surface area contributed by atoms with E-state index >= 15 is 0 Å². The van der Waals surface area contributed by atoms with Gasteiger partial charge in [-0.15, -0.1) is 10.2 Å². The molecule has 9 nitrogen and oxygen atoms in total. The van der Waals surface area contributed by atoms with Gasteiger partial charge in [0.1, 0.15) is 18.2 Å². The van der Waals surface area contributed by atoms with Crippen LogP contribution in [0.5, 0.6) is 0 Å². The number of hydrogen-bond acceptors (Lipinski definition) is 7. The molecule has 1 amide bonds. The zero-order valence-electron chi connectivity index (χ0n) is 23.2. The number of anilines is 1. The molecule has 0 radical (unpaired) electrons. The van der Waals surface area contributed by atoms with Gasteiger partial charge < -0.3 is 4.90 Å². The minimum Gasteiger partial charge on any atom is -0.340 e. The molecule has 2 N–H and O–H groups in total. The Hall–Kier alpha value is -2.49. The van der Waals surface area contributed by atoms with Crippen molar-refractivity contribution in [1.82, 2.24) is 35.3 Å². The topological polar surface area (TPSA) is 81.6 Å². The lowest BCUT2D eigenvalue weighted by Crippen LogP contribution is -2.53. The molecule has 1 aromatic carbocycles. The van der Waals surface area contributed by atoms with Crippen molar-refractivity contribution in [3.63, 3.8) is 0 Å². The number of carbonyl (C=O) groups is 1. The van der Waals surface area contributed by atoms with Gasteiger partial charge in [0.15, 0.2) is 0 Å². The maximum absolute atomic E-state index is 13.1. The van der Waals surface area contributed by atoms with E-state index in [4.69, 9.17) is 10.2 Å². The highest BCUT2D eigenvalue weighted by atomic mass is 16.2. The van der Waals surface area contributed by atoms with Gasteiger partial charge in [0.2, 0.25) is 11.9 Å². The van der Waals surface area contributed by atoms with Gasteiger partial charge in [-0.3, -0.25) is 24.6 Å². The largest absolute Gasteiger partial charge is 0.340 e. The Morgan fingerprint density at radius 1 is 0.897 bits per heavy atom. The molecule has 3 aliphatic heterocycles. The number of benzene rings is 1. The van der Waals surface area contributed by atoms with Crippen molar-refractivity contribution in [2.45, 2.75) is 101 Å². The van der Waals surface area contributed by atoms with E-state index in [2.05, 4.69) is 60.5 Å². The minimum absolute atomic E-state index is 0.0710. The Bertz CT molecular complexity index is 1120. The van der Waals surface area contributed by atoms with E-state index in [0.29, 0.717) is 24.3 Å². The number of nitrogens with one attached hydrogen (secondary N) is 2. The molecular weight excluding hydrogens is 488 g/mol. The van der Waals surface area contributed by atoms with E-state index in [1.165, 1.54) is 63.4 Å². The Kier molecular flexibility index (Phi) is 7.30. The van der Waals surface area contributed by atoms with Crippen LogP contribution in [-0.2, 0) is 11.2 Å². The second-order valence-electron chi connectivity index (χ2n) is 12.3. The van der Waals surface area contributed by atoms with Gasteiger partial charge >= 0.3 is 0 Å². The SMILES string of the molecule is O=C(CCCc1nnc2n1C1CCCCC1C1NC(c3ccccc3)NN21)N1CCN(C2CCCCC2)CC1. The van der Waals surface area contributed by atoms with Crippen molar-refractivity contribution >= 4 is 11.9 Å². The van der Waals surface area contributed by atoms with Gasteiger partial charge in [0.05, 0.1) is 0 Å². The van der Waals surface area contributed by atoms with Crippen molar-refractivity contribution in [2.24, 2.45) is 5.92 Å². The van der Waals surface area contributed by atoms with Crippen LogP contribution in [-0.4, -0.2) is 68.9 Å². The van der Waals surface area contributed by atoms with Crippen LogP contribution >= 0.6 is 0 Å². The molecule has 4 heterocycles. The van der Waals surface area contributed by atoms with Gasteiger partial charge in [-0.05, 0) is 37.7 Å². The van der Waals surface area contributed by atoms with Crippen LogP contribution in [0, 0.1) is 5.92 Å². The Morgan fingerprint density at radius 3 is 2.49 bits per heavy atom. The Balaban J connectivity index is 0.986. The number of nitrogens with zero attached hydrogens (tertiary/aromatic N) is 6. The molecule has 9 heteroatoms. The molecule has 4 atom stereocenters. The molecule has 7 rings (SSSR count). The molecule has 39 heavy (non-hydrogen) atoms. The molecule has 5 aliphatic rings. The highest BCUT2D eigenvalue weighted by Crippen LogP contribution is 2.45. The summed E-state index contributed by atoms with van der Waals surface area (Å²) in [5.41, 5.74) is 4.93. The summed E-state index contributed by atoms with van der Waals surface area (Å²) in [5.74, 6) is 2.79.